The highest BCUT2D eigenvalue weighted by Crippen LogP contribution is 2.33. The number of hydrogen-bond acceptors (Lipinski definition) is 5. The molecule has 0 unspecified atom stereocenters. The number of benzene rings is 2. The van der Waals surface area contributed by atoms with Crippen molar-refractivity contribution in [3.8, 4) is 17.1 Å². The molecule has 1 saturated heterocycles. The van der Waals surface area contributed by atoms with E-state index in [9.17, 15) is 18.0 Å². The van der Waals surface area contributed by atoms with Crippen molar-refractivity contribution in [1.82, 2.24) is 15.0 Å². The summed E-state index contributed by atoms with van der Waals surface area (Å²) < 4.78 is 49.2. The van der Waals surface area contributed by atoms with Gasteiger partial charge in [-0.3, -0.25) is 4.79 Å². The monoisotopic (exact) mass is 431 g/mol. The molecule has 2 heterocycles. The summed E-state index contributed by atoms with van der Waals surface area (Å²) in [6, 6.07) is 13.2. The summed E-state index contributed by atoms with van der Waals surface area (Å²) in [7, 11) is 0. The van der Waals surface area contributed by atoms with Crippen LogP contribution in [0.3, 0.4) is 0 Å². The standard InChI is InChI=1S/C22H20F3N3O3/c23-22(24,25)16-11-9-15(10-12-16)20-26-21(31-27-20)18-8-4-5-13-28(18)19(29)14-30-17-6-2-1-3-7-17/h1-3,6-7,9-12,18H,4-5,8,13-14H2/t18-/m0/s1. The SMILES string of the molecule is O=C(COc1ccccc1)N1CCCC[C@H]1c1nc(-c2ccc(C(F)(F)F)cc2)no1. The maximum Gasteiger partial charge on any atom is 0.416 e. The van der Waals surface area contributed by atoms with E-state index in [0.717, 1.165) is 25.0 Å². The van der Waals surface area contributed by atoms with Gasteiger partial charge >= 0.3 is 6.18 Å². The Balaban J connectivity index is 1.47. The summed E-state index contributed by atoms with van der Waals surface area (Å²) in [6.45, 7) is 0.431. The molecule has 0 aliphatic carbocycles. The molecule has 1 amide bonds. The number of rotatable bonds is 5. The molecule has 0 spiro atoms. The van der Waals surface area contributed by atoms with Crippen LogP contribution >= 0.6 is 0 Å². The fraction of sp³-hybridized carbons (Fsp3) is 0.318. The normalized spacial score (nSPS) is 16.9. The number of aromatic nitrogens is 2. The van der Waals surface area contributed by atoms with Crippen molar-refractivity contribution in [3.63, 3.8) is 0 Å². The summed E-state index contributed by atoms with van der Waals surface area (Å²) in [4.78, 5) is 18.8. The van der Waals surface area contributed by atoms with Gasteiger partial charge in [0.1, 0.15) is 11.8 Å². The molecule has 1 atom stereocenters. The maximum atomic E-state index is 12.8. The highest BCUT2D eigenvalue weighted by Gasteiger charge is 2.33. The van der Waals surface area contributed by atoms with Gasteiger partial charge in [-0.2, -0.15) is 18.2 Å². The second kappa shape index (κ2) is 8.79. The molecular weight excluding hydrogens is 411 g/mol. The first-order chi connectivity index (χ1) is 14.9. The molecular formula is C22H20F3N3O3. The van der Waals surface area contributed by atoms with Crippen molar-refractivity contribution in [2.45, 2.75) is 31.5 Å². The Labute approximate surface area is 176 Å². The second-order valence-electron chi connectivity index (χ2n) is 7.23. The Morgan fingerprint density at radius 2 is 1.84 bits per heavy atom. The number of piperidine rings is 1. The fourth-order valence-electron chi connectivity index (χ4n) is 3.53. The van der Waals surface area contributed by atoms with Crippen LogP contribution in [0.25, 0.3) is 11.4 Å². The summed E-state index contributed by atoms with van der Waals surface area (Å²) in [5.41, 5.74) is -0.341. The highest BCUT2D eigenvalue weighted by molar-refractivity contribution is 5.78. The summed E-state index contributed by atoms with van der Waals surface area (Å²) >= 11 is 0. The van der Waals surface area contributed by atoms with Gasteiger partial charge in [-0.05, 0) is 43.5 Å². The Bertz CT molecular complexity index is 1020. The van der Waals surface area contributed by atoms with Crippen LogP contribution in [0.2, 0.25) is 0 Å². The molecule has 0 saturated carbocycles. The van der Waals surface area contributed by atoms with Gasteiger partial charge in [-0.1, -0.05) is 35.5 Å². The molecule has 6 nitrogen and oxygen atoms in total. The summed E-state index contributed by atoms with van der Waals surface area (Å²) in [5.74, 6) is 0.861. The third-order valence-corrected chi connectivity index (χ3v) is 5.13. The number of likely N-dealkylation sites (tertiary alicyclic amines) is 1. The van der Waals surface area contributed by atoms with Crippen molar-refractivity contribution in [3.05, 3.63) is 66.1 Å². The highest BCUT2D eigenvalue weighted by atomic mass is 19.4. The van der Waals surface area contributed by atoms with Gasteiger partial charge in [0.2, 0.25) is 11.7 Å². The molecule has 4 rings (SSSR count). The minimum absolute atomic E-state index is 0.111. The van der Waals surface area contributed by atoms with Gasteiger partial charge in [0.25, 0.3) is 5.91 Å². The first-order valence-corrected chi connectivity index (χ1v) is 9.90. The largest absolute Gasteiger partial charge is 0.484 e. The second-order valence-corrected chi connectivity index (χ2v) is 7.23. The van der Waals surface area contributed by atoms with E-state index in [1.165, 1.54) is 12.1 Å². The van der Waals surface area contributed by atoms with Crippen LogP contribution in [0.15, 0.2) is 59.1 Å². The van der Waals surface area contributed by atoms with Crippen LogP contribution in [0.1, 0.15) is 36.8 Å². The minimum atomic E-state index is -4.41. The van der Waals surface area contributed by atoms with Crippen molar-refractivity contribution in [1.29, 1.82) is 0 Å². The van der Waals surface area contributed by atoms with E-state index in [1.807, 2.05) is 18.2 Å². The van der Waals surface area contributed by atoms with Crippen LogP contribution in [0.5, 0.6) is 5.75 Å². The molecule has 0 N–H and O–H groups in total. The maximum absolute atomic E-state index is 12.8. The zero-order valence-corrected chi connectivity index (χ0v) is 16.5. The van der Waals surface area contributed by atoms with E-state index >= 15 is 0 Å². The van der Waals surface area contributed by atoms with Gasteiger partial charge in [-0.15, -0.1) is 0 Å². The third kappa shape index (κ3) is 4.87. The van der Waals surface area contributed by atoms with E-state index in [-0.39, 0.29) is 24.2 Å². The molecule has 1 aromatic heterocycles. The molecule has 31 heavy (non-hydrogen) atoms. The van der Waals surface area contributed by atoms with Gasteiger partial charge < -0.3 is 14.2 Å². The fourth-order valence-corrected chi connectivity index (χ4v) is 3.53. The van der Waals surface area contributed by atoms with Crippen LogP contribution in [0, 0.1) is 0 Å². The molecule has 1 aliphatic heterocycles. The molecule has 3 aromatic rings. The van der Waals surface area contributed by atoms with Gasteiger partial charge in [0.15, 0.2) is 6.61 Å². The van der Waals surface area contributed by atoms with Crippen LogP contribution in [-0.4, -0.2) is 34.1 Å². The van der Waals surface area contributed by atoms with Crippen molar-refractivity contribution in [2.24, 2.45) is 0 Å². The number of hydrogen-bond donors (Lipinski definition) is 0. The Kier molecular flexibility index (Phi) is 5.92. The number of alkyl halides is 3. The lowest BCUT2D eigenvalue weighted by Crippen LogP contribution is -2.41. The molecule has 0 bridgehead atoms. The minimum Gasteiger partial charge on any atom is -0.484 e. The average Bonchev–Trinajstić information content (AvgIpc) is 3.28. The summed E-state index contributed by atoms with van der Waals surface area (Å²) in [5, 5.41) is 3.90. The lowest BCUT2D eigenvalue weighted by Gasteiger charge is -2.33. The van der Waals surface area contributed by atoms with Gasteiger partial charge in [-0.25, -0.2) is 0 Å². The summed E-state index contributed by atoms with van der Waals surface area (Å²) in [6.07, 6.45) is -2.00. The number of carbonyl (C=O) groups is 1. The molecule has 2 aromatic carbocycles. The van der Waals surface area contributed by atoms with Crippen molar-refractivity contribution in [2.75, 3.05) is 13.2 Å². The molecule has 162 valence electrons. The number of carbonyl (C=O) groups excluding carboxylic acids is 1. The Morgan fingerprint density at radius 3 is 2.55 bits per heavy atom. The molecule has 9 heteroatoms. The number of para-hydroxylation sites is 1. The number of ether oxygens (including phenoxy) is 1. The molecule has 1 aliphatic rings. The predicted octanol–water partition coefficient (Wildman–Crippen LogP) is 4.89. The average molecular weight is 431 g/mol. The Hall–Kier alpha value is -3.36. The third-order valence-electron chi connectivity index (χ3n) is 5.13. The van der Waals surface area contributed by atoms with Crippen LogP contribution < -0.4 is 4.74 Å². The molecule has 1 fully saturated rings. The first-order valence-electron chi connectivity index (χ1n) is 9.90. The molecule has 0 radical (unpaired) electrons. The van der Waals surface area contributed by atoms with Crippen molar-refractivity contribution < 1.29 is 27.2 Å². The van der Waals surface area contributed by atoms with E-state index in [4.69, 9.17) is 9.26 Å². The lowest BCUT2D eigenvalue weighted by molar-refractivity contribution is -0.138. The zero-order valence-electron chi connectivity index (χ0n) is 16.5. The van der Waals surface area contributed by atoms with Gasteiger partial charge in [0, 0.05) is 12.1 Å². The lowest BCUT2D eigenvalue weighted by atomic mass is 10.0. The number of halogens is 3. The first kappa shape index (κ1) is 20.9. The van der Waals surface area contributed by atoms with Gasteiger partial charge in [0.05, 0.1) is 5.56 Å². The van der Waals surface area contributed by atoms with E-state index in [2.05, 4.69) is 10.1 Å². The van der Waals surface area contributed by atoms with E-state index in [0.29, 0.717) is 24.3 Å². The van der Waals surface area contributed by atoms with Crippen LogP contribution in [-0.2, 0) is 11.0 Å². The topological polar surface area (TPSA) is 68.5 Å². The zero-order chi connectivity index (χ0) is 21.8. The number of amides is 1. The Morgan fingerprint density at radius 1 is 1.10 bits per heavy atom. The van der Waals surface area contributed by atoms with E-state index < -0.39 is 17.8 Å². The predicted molar refractivity (Wildman–Crippen MR) is 105 cm³/mol. The van der Waals surface area contributed by atoms with Crippen molar-refractivity contribution >= 4 is 5.91 Å². The quantitative estimate of drug-likeness (QED) is 0.576. The van der Waals surface area contributed by atoms with E-state index in [1.54, 1.807) is 17.0 Å². The smallest absolute Gasteiger partial charge is 0.416 e. The number of nitrogens with zero attached hydrogens (tertiary/aromatic N) is 3. The van der Waals surface area contributed by atoms with Crippen LogP contribution in [0.4, 0.5) is 13.2 Å².